The Bertz CT molecular complexity index is 1280. The van der Waals surface area contributed by atoms with E-state index < -0.39 is 5.97 Å². The van der Waals surface area contributed by atoms with Gasteiger partial charge >= 0.3 is 5.97 Å². The van der Waals surface area contributed by atoms with Crippen LogP contribution < -0.4 is 15.1 Å². The third-order valence-corrected chi connectivity index (χ3v) is 6.51. The monoisotopic (exact) mass is 453 g/mol. The molecule has 0 unspecified atom stereocenters. The molecule has 1 aromatic heterocycles. The Hall–Kier alpha value is -3.32. The average Bonchev–Trinajstić information content (AvgIpc) is 2.75. The number of benzene rings is 2. The molecular weight excluding hydrogens is 434 g/mol. The fourth-order valence-electron chi connectivity index (χ4n) is 4.32. The van der Waals surface area contributed by atoms with Crippen molar-refractivity contribution in [1.82, 2.24) is 0 Å². The second-order valence-electron chi connectivity index (χ2n) is 8.24. The van der Waals surface area contributed by atoms with Gasteiger partial charge in [-0.15, -0.1) is 0 Å². The van der Waals surface area contributed by atoms with E-state index in [4.69, 9.17) is 25.9 Å². The van der Waals surface area contributed by atoms with Crippen molar-refractivity contribution < 1.29 is 23.8 Å². The van der Waals surface area contributed by atoms with Crippen LogP contribution in [0.3, 0.4) is 0 Å². The first-order valence-corrected chi connectivity index (χ1v) is 10.8. The first-order chi connectivity index (χ1) is 15.4. The molecule has 0 bridgehead atoms. The number of hydrogen-bond donors (Lipinski definition) is 1. The molecule has 8 heteroatoms. The standard InChI is InChI=1S/C24H20ClNO6/c25-19-3-1-2-17-20(27)18-8-9-26(23(28)22(18)32-21(17)19)15-4-6-16(7-5-15)31-12-13-10-14(11-13)24(29)30/h1-7,13-14H,8-12H2,(H,29,30). The molecule has 5 rings (SSSR count). The van der Waals surface area contributed by atoms with Crippen molar-refractivity contribution in [2.24, 2.45) is 11.8 Å². The number of anilines is 1. The molecule has 1 aliphatic carbocycles. The molecule has 2 aromatic carbocycles. The van der Waals surface area contributed by atoms with E-state index in [0.717, 1.165) is 0 Å². The maximum atomic E-state index is 13.1. The molecule has 0 spiro atoms. The van der Waals surface area contributed by atoms with Crippen LogP contribution in [0.2, 0.25) is 5.02 Å². The van der Waals surface area contributed by atoms with Crippen LogP contribution in [0.4, 0.5) is 5.69 Å². The smallest absolute Gasteiger partial charge is 0.306 e. The number of halogens is 1. The van der Waals surface area contributed by atoms with Gasteiger partial charge in [0, 0.05) is 12.2 Å². The van der Waals surface area contributed by atoms with E-state index in [9.17, 15) is 14.4 Å². The van der Waals surface area contributed by atoms with E-state index in [1.807, 2.05) is 0 Å². The number of carbonyl (C=O) groups excluding carboxylic acids is 1. The van der Waals surface area contributed by atoms with Crippen molar-refractivity contribution in [3.63, 3.8) is 0 Å². The molecule has 1 amide bonds. The first-order valence-electron chi connectivity index (χ1n) is 10.4. The van der Waals surface area contributed by atoms with E-state index in [-0.39, 0.29) is 39.5 Å². The fraction of sp³-hybridized carbons (Fsp3) is 0.292. The summed E-state index contributed by atoms with van der Waals surface area (Å²) in [6.07, 6.45) is 1.66. The van der Waals surface area contributed by atoms with Gasteiger partial charge in [-0.2, -0.15) is 0 Å². The molecule has 1 N–H and O–H groups in total. The average molecular weight is 454 g/mol. The molecule has 0 saturated heterocycles. The number of aliphatic carboxylic acids is 1. The van der Waals surface area contributed by atoms with E-state index >= 15 is 0 Å². The highest BCUT2D eigenvalue weighted by molar-refractivity contribution is 6.34. The van der Waals surface area contributed by atoms with Crippen LogP contribution >= 0.6 is 11.6 Å². The summed E-state index contributed by atoms with van der Waals surface area (Å²) in [5.74, 6) is -0.453. The summed E-state index contributed by atoms with van der Waals surface area (Å²) in [5, 5.41) is 9.61. The highest BCUT2D eigenvalue weighted by atomic mass is 35.5. The summed E-state index contributed by atoms with van der Waals surface area (Å²) in [6.45, 7) is 0.833. The number of hydrogen-bond acceptors (Lipinski definition) is 5. The third-order valence-electron chi connectivity index (χ3n) is 6.21. The number of nitrogens with zero attached hydrogens (tertiary/aromatic N) is 1. The zero-order chi connectivity index (χ0) is 22.4. The SMILES string of the molecule is O=C(O)C1CC(COc2ccc(N3CCc4c(oc5c(Cl)cccc5c4=O)C3=O)cc2)C1. The van der Waals surface area contributed by atoms with Crippen molar-refractivity contribution >= 4 is 40.1 Å². The predicted octanol–water partition coefficient (Wildman–Crippen LogP) is 4.14. The van der Waals surface area contributed by atoms with Gasteiger partial charge in [0.05, 0.1) is 28.5 Å². The van der Waals surface area contributed by atoms with Crippen LogP contribution in [0.15, 0.2) is 51.7 Å². The zero-order valence-corrected chi connectivity index (χ0v) is 17.8. The zero-order valence-electron chi connectivity index (χ0n) is 17.0. The lowest BCUT2D eigenvalue weighted by Gasteiger charge is -2.32. The van der Waals surface area contributed by atoms with Gasteiger partial charge < -0.3 is 19.2 Å². The van der Waals surface area contributed by atoms with Crippen LogP contribution in [0.25, 0.3) is 11.0 Å². The molecular formula is C24H20ClNO6. The number of ether oxygens (including phenoxy) is 1. The molecule has 3 aromatic rings. The molecule has 1 aliphatic heterocycles. The first kappa shape index (κ1) is 20.6. The van der Waals surface area contributed by atoms with Crippen molar-refractivity contribution in [2.75, 3.05) is 18.1 Å². The predicted molar refractivity (Wildman–Crippen MR) is 119 cm³/mol. The summed E-state index contributed by atoms with van der Waals surface area (Å²) < 4.78 is 11.6. The highest BCUT2D eigenvalue weighted by Crippen LogP contribution is 2.34. The van der Waals surface area contributed by atoms with Crippen LogP contribution in [0.5, 0.6) is 5.75 Å². The Morgan fingerprint density at radius 1 is 1.16 bits per heavy atom. The maximum Gasteiger partial charge on any atom is 0.306 e. The quantitative estimate of drug-likeness (QED) is 0.623. The van der Waals surface area contributed by atoms with E-state index in [1.54, 1.807) is 47.4 Å². The number of carboxylic acid groups (broad SMARTS) is 1. The topological polar surface area (TPSA) is 97.1 Å². The number of fused-ring (bicyclic) bond motifs is 2. The normalized spacial score (nSPS) is 20.0. The number of carbonyl (C=O) groups is 2. The summed E-state index contributed by atoms with van der Waals surface area (Å²) in [4.78, 5) is 38.4. The Morgan fingerprint density at radius 2 is 1.91 bits per heavy atom. The maximum absolute atomic E-state index is 13.1. The van der Waals surface area contributed by atoms with Crippen molar-refractivity contribution in [3.05, 3.63) is 69.0 Å². The fourth-order valence-corrected chi connectivity index (χ4v) is 4.54. The molecule has 0 atom stereocenters. The highest BCUT2D eigenvalue weighted by Gasteiger charge is 2.35. The van der Waals surface area contributed by atoms with E-state index in [0.29, 0.717) is 54.8 Å². The lowest BCUT2D eigenvalue weighted by Crippen LogP contribution is -2.40. The second kappa shape index (κ2) is 7.98. The number of amides is 1. The lowest BCUT2D eigenvalue weighted by atomic mass is 9.75. The van der Waals surface area contributed by atoms with Crippen molar-refractivity contribution in [3.8, 4) is 5.75 Å². The van der Waals surface area contributed by atoms with Gasteiger partial charge in [-0.25, -0.2) is 0 Å². The van der Waals surface area contributed by atoms with Crippen LogP contribution in [0.1, 0.15) is 29.0 Å². The third kappa shape index (κ3) is 3.52. The van der Waals surface area contributed by atoms with Crippen LogP contribution in [0, 0.1) is 11.8 Å². The van der Waals surface area contributed by atoms with Gasteiger partial charge in [0.25, 0.3) is 5.91 Å². The van der Waals surface area contributed by atoms with Crippen LogP contribution in [-0.2, 0) is 11.2 Å². The minimum Gasteiger partial charge on any atom is -0.493 e. The number of carboxylic acids is 1. The van der Waals surface area contributed by atoms with E-state index in [1.165, 1.54) is 0 Å². The Kier molecular flexibility index (Phi) is 5.13. The minimum atomic E-state index is -0.746. The van der Waals surface area contributed by atoms with Gasteiger partial charge in [0.15, 0.2) is 16.8 Å². The summed E-state index contributed by atoms with van der Waals surface area (Å²) in [5.41, 5.74) is 1.05. The van der Waals surface area contributed by atoms with Gasteiger partial charge in [0.2, 0.25) is 0 Å². The van der Waals surface area contributed by atoms with Gasteiger partial charge in [-0.3, -0.25) is 14.4 Å². The molecule has 0 radical (unpaired) electrons. The number of para-hydroxylation sites is 1. The van der Waals surface area contributed by atoms with Crippen molar-refractivity contribution in [1.29, 1.82) is 0 Å². The van der Waals surface area contributed by atoms with Gasteiger partial charge in [-0.1, -0.05) is 17.7 Å². The van der Waals surface area contributed by atoms with Gasteiger partial charge in [0.1, 0.15) is 5.75 Å². The summed E-state index contributed by atoms with van der Waals surface area (Å²) in [6, 6.07) is 12.1. The Balaban J connectivity index is 1.32. The Labute approximate surface area is 188 Å². The lowest BCUT2D eigenvalue weighted by molar-refractivity contribution is -0.146. The van der Waals surface area contributed by atoms with Gasteiger partial charge in [-0.05, 0) is 61.6 Å². The minimum absolute atomic E-state index is 0.0279. The Morgan fingerprint density at radius 3 is 2.62 bits per heavy atom. The largest absolute Gasteiger partial charge is 0.493 e. The number of rotatable bonds is 5. The summed E-state index contributed by atoms with van der Waals surface area (Å²) >= 11 is 6.18. The molecule has 2 aliphatic rings. The van der Waals surface area contributed by atoms with E-state index in [2.05, 4.69) is 0 Å². The molecule has 1 saturated carbocycles. The molecule has 164 valence electrons. The molecule has 32 heavy (non-hydrogen) atoms. The molecule has 7 nitrogen and oxygen atoms in total. The second-order valence-corrected chi connectivity index (χ2v) is 8.65. The summed E-state index contributed by atoms with van der Waals surface area (Å²) in [7, 11) is 0. The van der Waals surface area contributed by atoms with Crippen LogP contribution in [-0.4, -0.2) is 30.1 Å². The molecule has 2 heterocycles. The molecule has 1 fully saturated rings. The van der Waals surface area contributed by atoms with Crippen molar-refractivity contribution in [2.45, 2.75) is 19.3 Å².